The zero-order valence-electron chi connectivity index (χ0n) is 8.49. The molecular weight excluding hydrogens is 188 g/mol. The fraction of sp³-hybridized carbons (Fsp3) is 0.333. The SMILES string of the molecule is Nc1[nH]c2ccccc2c1OCC1CC1. The highest BCUT2D eigenvalue weighted by molar-refractivity contribution is 5.91. The third kappa shape index (κ3) is 1.54. The van der Waals surface area contributed by atoms with Gasteiger partial charge in [-0.05, 0) is 30.9 Å². The number of para-hydroxylation sites is 1. The minimum absolute atomic E-state index is 0.636. The number of hydrogen-bond donors (Lipinski definition) is 2. The Labute approximate surface area is 88.2 Å². The van der Waals surface area contributed by atoms with E-state index in [9.17, 15) is 0 Å². The number of benzene rings is 1. The molecule has 3 nitrogen and oxygen atoms in total. The number of ether oxygens (including phenoxy) is 1. The van der Waals surface area contributed by atoms with Crippen LogP contribution in [0.1, 0.15) is 12.8 Å². The molecule has 0 radical (unpaired) electrons. The predicted molar refractivity (Wildman–Crippen MR) is 60.9 cm³/mol. The van der Waals surface area contributed by atoms with Gasteiger partial charge in [-0.3, -0.25) is 0 Å². The van der Waals surface area contributed by atoms with E-state index in [1.54, 1.807) is 0 Å². The van der Waals surface area contributed by atoms with Crippen molar-refractivity contribution >= 4 is 16.7 Å². The number of fused-ring (bicyclic) bond motifs is 1. The van der Waals surface area contributed by atoms with Crippen LogP contribution in [0.15, 0.2) is 24.3 Å². The summed E-state index contributed by atoms with van der Waals surface area (Å²) >= 11 is 0. The second-order valence-electron chi connectivity index (χ2n) is 4.17. The maximum absolute atomic E-state index is 5.88. The summed E-state index contributed by atoms with van der Waals surface area (Å²) in [6, 6.07) is 8.03. The standard InChI is InChI=1S/C12H14N2O/c13-12-11(15-7-8-5-6-8)9-3-1-2-4-10(9)14-12/h1-4,8,14H,5-7,13H2. The van der Waals surface area contributed by atoms with Gasteiger partial charge in [-0.15, -0.1) is 0 Å². The van der Waals surface area contributed by atoms with E-state index in [4.69, 9.17) is 10.5 Å². The average molecular weight is 202 g/mol. The molecule has 78 valence electrons. The second kappa shape index (κ2) is 3.19. The fourth-order valence-corrected chi connectivity index (χ4v) is 1.78. The Hall–Kier alpha value is -1.64. The molecule has 0 atom stereocenters. The molecule has 3 heteroatoms. The first-order valence-electron chi connectivity index (χ1n) is 5.33. The molecule has 0 bridgehead atoms. The smallest absolute Gasteiger partial charge is 0.168 e. The molecule has 1 aliphatic carbocycles. The lowest BCUT2D eigenvalue weighted by molar-refractivity contribution is 0.305. The minimum atomic E-state index is 0.636. The summed E-state index contributed by atoms with van der Waals surface area (Å²) in [6.45, 7) is 0.798. The molecule has 2 aromatic rings. The van der Waals surface area contributed by atoms with Crippen LogP contribution in [-0.2, 0) is 0 Å². The quantitative estimate of drug-likeness (QED) is 0.803. The predicted octanol–water partition coefficient (Wildman–Crippen LogP) is 2.54. The third-order valence-electron chi connectivity index (χ3n) is 2.85. The summed E-state index contributed by atoms with van der Waals surface area (Å²) in [5, 5.41) is 1.08. The summed E-state index contributed by atoms with van der Waals surface area (Å²) in [7, 11) is 0. The maximum Gasteiger partial charge on any atom is 0.168 e. The van der Waals surface area contributed by atoms with Gasteiger partial charge in [0.25, 0.3) is 0 Å². The molecule has 1 heterocycles. The van der Waals surface area contributed by atoms with Crippen molar-refractivity contribution in [3.05, 3.63) is 24.3 Å². The average Bonchev–Trinajstić information content (AvgIpc) is 3.00. The first-order valence-corrected chi connectivity index (χ1v) is 5.33. The maximum atomic E-state index is 5.88. The van der Waals surface area contributed by atoms with Crippen LogP contribution in [0.4, 0.5) is 5.82 Å². The van der Waals surface area contributed by atoms with Crippen LogP contribution >= 0.6 is 0 Å². The lowest BCUT2D eigenvalue weighted by Crippen LogP contribution is -2.00. The van der Waals surface area contributed by atoms with Crippen molar-refractivity contribution in [1.29, 1.82) is 0 Å². The third-order valence-corrected chi connectivity index (χ3v) is 2.85. The van der Waals surface area contributed by atoms with Crippen LogP contribution in [0, 0.1) is 5.92 Å². The lowest BCUT2D eigenvalue weighted by Gasteiger charge is -2.04. The number of H-pyrrole nitrogens is 1. The number of hydrogen-bond acceptors (Lipinski definition) is 2. The van der Waals surface area contributed by atoms with Crippen molar-refractivity contribution in [3.63, 3.8) is 0 Å². The van der Waals surface area contributed by atoms with Gasteiger partial charge in [0.2, 0.25) is 0 Å². The summed E-state index contributed by atoms with van der Waals surface area (Å²) < 4.78 is 5.76. The van der Waals surface area contributed by atoms with Gasteiger partial charge in [-0.25, -0.2) is 0 Å². The van der Waals surface area contributed by atoms with Gasteiger partial charge in [0.15, 0.2) is 5.75 Å². The van der Waals surface area contributed by atoms with Crippen molar-refractivity contribution in [1.82, 2.24) is 4.98 Å². The van der Waals surface area contributed by atoms with Crippen molar-refractivity contribution in [3.8, 4) is 5.75 Å². The van der Waals surface area contributed by atoms with Crippen molar-refractivity contribution in [2.24, 2.45) is 5.92 Å². The Morgan fingerprint density at radius 2 is 2.13 bits per heavy atom. The van der Waals surface area contributed by atoms with Crippen LogP contribution in [-0.4, -0.2) is 11.6 Å². The number of anilines is 1. The normalized spacial score (nSPS) is 15.7. The van der Waals surface area contributed by atoms with E-state index in [0.717, 1.165) is 29.2 Å². The largest absolute Gasteiger partial charge is 0.489 e. The van der Waals surface area contributed by atoms with E-state index >= 15 is 0 Å². The molecule has 0 saturated heterocycles. The number of rotatable bonds is 3. The van der Waals surface area contributed by atoms with Gasteiger partial charge < -0.3 is 15.5 Å². The van der Waals surface area contributed by atoms with Gasteiger partial charge in [0, 0.05) is 5.39 Å². The summed E-state index contributed by atoms with van der Waals surface area (Å²) in [5.41, 5.74) is 6.92. The lowest BCUT2D eigenvalue weighted by atomic mass is 10.2. The van der Waals surface area contributed by atoms with Crippen LogP contribution in [0.2, 0.25) is 0 Å². The zero-order valence-corrected chi connectivity index (χ0v) is 8.49. The van der Waals surface area contributed by atoms with Gasteiger partial charge in [-0.1, -0.05) is 12.1 Å². The van der Waals surface area contributed by atoms with Crippen LogP contribution in [0.3, 0.4) is 0 Å². The summed E-state index contributed by atoms with van der Waals surface area (Å²) in [6.07, 6.45) is 2.59. The first-order chi connectivity index (χ1) is 7.34. The summed E-state index contributed by atoms with van der Waals surface area (Å²) in [4.78, 5) is 3.12. The first kappa shape index (κ1) is 8.65. The minimum Gasteiger partial charge on any atom is -0.489 e. The number of nitrogens with one attached hydrogen (secondary N) is 1. The molecule has 0 unspecified atom stereocenters. The molecule has 1 aliphatic rings. The van der Waals surface area contributed by atoms with Crippen LogP contribution < -0.4 is 10.5 Å². The number of aromatic amines is 1. The number of nitrogen functional groups attached to an aromatic ring is 1. The highest BCUT2D eigenvalue weighted by atomic mass is 16.5. The monoisotopic (exact) mass is 202 g/mol. The van der Waals surface area contributed by atoms with Gasteiger partial charge in [0.05, 0.1) is 12.1 Å². The molecule has 0 spiro atoms. The Bertz CT molecular complexity index is 485. The summed E-state index contributed by atoms with van der Waals surface area (Å²) in [5.74, 6) is 2.20. The molecule has 0 aliphatic heterocycles. The number of aromatic nitrogens is 1. The Morgan fingerprint density at radius 1 is 1.33 bits per heavy atom. The van der Waals surface area contributed by atoms with Crippen molar-refractivity contribution in [2.45, 2.75) is 12.8 Å². The van der Waals surface area contributed by atoms with E-state index in [1.807, 2.05) is 24.3 Å². The fourth-order valence-electron chi connectivity index (χ4n) is 1.78. The molecular formula is C12H14N2O. The zero-order chi connectivity index (χ0) is 10.3. The second-order valence-corrected chi connectivity index (χ2v) is 4.17. The molecule has 15 heavy (non-hydrogen) atoms. The van der Waals surface area contributed by atoms with E-state index in [0.29, 0.717) is 5.82 Å². The molecule has 1 fully saturated rings. The van der Waals surface area contributed by atoms with E-state index in [2.05, 4.69) is 4.98 Å². The Kier molecular flexibility index (Phi) is 1.84. The highest BCUT2D eigenvalue weighted by Gasteiger charge is 2.23. The molecule has 1 aromatic carbocycles. The molecule has 3 rings (SSSR count). The van der Waals surface area contributed by atoms with E-state index < -0.39 is 0 Å². The Balaban J connectivity index is 1.95. The van der Waals surface area contributed by atoms with Gasteiger partial charge in [0.1, 0.15) is 5.82 Å². The highest BCUT2D eigenvalue weighted by Crippen LogP contribution is 2.35. The Morgan fingerprint density at radius 3 is 2.93 bits per heavy atom. The van der Waals surface area contributed by atoms with Crippen molar-refractivity contribution in [2.75, 3.05) is 12.3 Å². The van der Waals surface area contributed by atoms with Crippen LogP contribution in [0.5, 0.6) is 5.75 Å². The molecule has 1 saturated carbocycles. The van der Waals surface area contributed by atoms with Crippen molar-refractivity contribution < 1.29 is 4.74 Å². The van der Waals surface area contributed by atoms with E-state index in [1.165, 1.54) is 12.8 Å². The molecule has 1 aromatic heterocycles. The molecule has 3 N–H and O–H groups in total. The van der Waals surface area contributed by atoms with E-state index in [-0.39, 0.29) is 0 Å². The van der Waals surface area contributed by atoms with Crippen LogP contribution in [0.25, 0.3) is 10.9 Å². The number of nitrogens with two attached hydrogens (primary N) is 1. The molecule has 0 amide bonds. The van der Waals surface area contributed by atoms with Gasteiger partial charge >= 0.3 is 0 Å². The van der Waals surface area contributed by atoms with Gasteiger partial charge in [-0.2, -0.15) is 0 Å². The topological polar surface area (TPSA) is 51.0 Å².